The lowest BCUT2D eigenvalue weighted by Gasteiger charge is -2.37. The summed E-state index contributed by atoms with van der Waals surface area (Å²) >= 11 is 7.85. The average Bonchev–Trinajstić information content (AvgIpc) is 2.51. The highest BCUT2D eigenvalue weighted by Gasteiger charge is 2.38. The third-order valence-electron chi connectivity index (χ3n) is 4.82. The van der Waals surface area contributed by atoms with Crippen LogP contribution in [0.15, 0.2) is 35.3 Å². The summed E-state index contributed by atoms with van der Waals surface area (Å²) in [7, 11) is -2.05. The minimum atomic E-state index is -2.05. The number of hydrogen-bond donors (Lipinski definition) is 0. The van der Waals surface area contributed by atoms with Crippen molar-refractivity contribution in [2.24, 2.45) is 0 Å². The van der Waals surface area contributed by atoms with E-state index < -0.39 is 20.2 Å². The second-order valence-electron chi connectivity index (χ2n) is 7.72. The van der Waals surface area contributed by atoms with Crippen LogP contribution in [0.25, 0.3) is 0 Å². The third kappa shape index (κ3) is 4.93. The van der Waals surface area contributed by atoms with Gasteiger partial charge in [0.15, 0.2) is 8.32 Å². The van der Waals surface area contributed by atoms with Crippen molar-refractivity contribution in [1.82, 2.24) is 9.78 Å². The van der Waals surface area contributed by atoms with Gasteiger partial charge in [0, 0.05) is 9.64 Å². The first kappa shape index (κ1) is 21.5. The normalized spacial score (nSPS) is 13.7. The molecular weight excluding hydrogens is 486 g/mol. The first-order valence-electron chi connectivity index (χ1n) is 8.25. The Labute approximate surface area is 173 Å². The highest BCUT2D eigenvalue weighted by Crippen LogP contribution is 2.37. The molecule has 8 heteroatoms. The minimum Gasteiger partial charge on any atom is -0.414 e. The lowest BCUT2D eigenvalue weighted by Crippen LogP contribution is -2.43. The van der Waals surface area contributed by atoms with Crippen LogP contribution in [-0.4, -0.2) is 24.7 Å². The van der Waals surface area contributed by atoms with Gasteiger partial charge in [-0.05, 0) is 58.4 Å². The molecule has 2 aromatic rings. The van der Waals surface area contributed by atoms with Crippen molar-refractivity contribution in [3.8, 4) is 0 Å². The Kier molecular flexibility index (Phi) is 6.69. The van der Waals surface area contributed by atoms with Crippen LogP contribution < -0.4 is 5.56 Å². The number of hydrogen-bond acceptors (Lipinski definition) is 3. The van der Waals surface area contributed by atoms with Crippen molar-refractivity contribution in [1.29, 1.82) is 0 Å². The fraction of sp³-hybridized carbons (Fsp3) is 0.444. The Morgan fingerprint density at radius 1 is 1.35 bits per heavy atom. The second-order valence-corrected chi connectivity index (χ2v) is 14.2. The molecule has 0 radical (unpaired) electrons. The van der Waals surface area contributed by atoms with Crippen molar-refractivity contribution in [3.63, 3.8) is 0 Å². The summed E-state index contributed by atoms with van der Waals surface area (Å²) in [6, 6.07) is 5.51. The maximum atomic E-state index is 14.0. The van der Waals surface area contributed by atoms with E-state index in [0.717, 1.165) is 3.57 Å². The Bertz CT molecular complexity index is 852. The van der Waals surface area contributed by atoms with Crippen LogP contribution in [0.2, 0.25) is 23.2 Å². The number of nitrogens with zero attached hydrogens (tertiary/aromatic N) is 2. The quantitative estimate of drug-likeness (QED) is 0.409. The Morgan fingerprint density at radius 2 is 2.00 bits per heavy atom. The van der Waals surface area contributed by atoms with Gasteiger partial charge in [0.1, 0.15) is 11.9 Å². The molecule has 0 aliphatic carbocycles. The van der Waals surface area contributed by atoms with Crippen molar-refractivity contribution in [3.05, 3.63) is 60.8 Å². The standard InChI is InChI=1S/C18H23ClFIN2O2Si/c1-18(2,3)26(4,5)25-11-16(12-6-7-14(19)15(20)8-12)23-17(24)9-13(21)10-22-23/h6-10,16H,11H2,1-5H3/t16-/m1/s1. The molecule has 0 saturated heterocycles. The van der Waals surface area contributed by atoms with Gasteiger partial charge in [0.05, 0.1) is 17.8 Å². The van der Waals surface area contributed by atoms with Crippen LogP contribution in [0, 0.1) is 9.39 Å². The summed E-state index contributed by atoms with van der Waals surface area (Å²) < 4.78 is 22.4. The van der Waals surface area contributed by atoms with E-state index in [0.29, 0.717) is 5.56 Å². The summed E-state index contributed by atoms with van der Waals surface area (Å²) in [4.78, 5) is 12.5. The van der Waals surface area contributed by atoms with Crippen molar-refractivity contribution >= 4 is 42.5 Å². The van der Waals surface area contributed by atoms with E-state index in [9.17, 15) is 9.18 Å². The largest absolute Gasteiger partial charge is 0.414 e. The molecule has 0 fully saturated rings. The first-order valence-corrected chi connectivity index (χ1v) is 12.6. The molecule has 0 saturated carbocycles. The lowest BCUT2D eigenvalue weighted by molar-refractivity contribution is 0.236. The molecule has 4 nitrogen and oxygen atoms in total. The number of benzene rings is 1. The molecule has 1 atom stereocenters. The van der Waals surface area contributed by atoms with Crippen molar-refractivity contribution in [2.45, 2.75) is 44.9 Å². The van der Waals surface area contributed by atoms with Crippen LogP contribution >= 0.6 is 34.2 Å². The van der Waals surface area contributed by atoms with Crippen molar-refractivity contribution < 1.29 is 8.82 Å². The Hall–Kier alpha value is -0.773. The zero-order chi connectivity index (χ0) is 19.7. The molecule has 0 N–H and O–H groups in total. The zero-order valence-corrected chi connectivity index (χ0v) is 19.4. The molecule has 0 aliphatic heterocycles. The van der Waals surface area contributed by atoms with Gasteiger partial charge in [-0.3, -0.25) is 4.79 Å². The summed E-state index contributed by atoms with van der Waals surface area (Å²) in [5.74, 6) is -0.528. The molecule has 2 rings (SSSR count). The van der Waals surface area contributed by atoms with Crippen LogP contribution in [0.4, 0.5) is 4.39 Å². The van der Waals surface area contributed by atoms with E-state index >= 15 is 0 Å². The molecule has 0 aliphatic rings. The van der Waals surface area contributed by atoms with Gasteiger partial charge in [-0.15, -0.1) is 0 Å². The van der Waals surface area contributed by atoms with E-state index in [1.54, 1.807) is 12.3 Å². The summed E-state index contributed by atoms with van der Waals surface area (Å²) in [5, 5.41) is 4.31. The molecule has 1 aromatic carbocycles. The van der Waals surface area contributed by atoms with E-state index in [2.05, 4.69) is 39.0 Å². The van der Waals surface area contributed by atoms with Gasteiger partial charge in [0.25, 0.3) is 5.56 Å². The predicted octanol–water partition coefficient (Wildman–Crippen LogP) is 5.25. The molecule has 26 heavy (non-hydrogen) atoms. The average molecular weight is 509 g/mol. The highest BCUT2D eigenvalue weighted by molar-refractivity contribution is 14.1. The Morgan fingerprint density at radius 3 is 2.54 bits per heavy atom. The molecule has 0 spiro atoms. The topological polar surface area (TPSA) is 44.1 Å². The van der Waals surface area contributed by atoms with Crippen LogP contribution in [0.3, 0.4) is 0 Å². The SMILES string of the molecule is CC(C)(C)[Si](C)(C)OC[C@H](c1ccc(Cl)c(F)c1)n1ncc(I)cc1=O. The van der Waals surface area contributed by atoms with E-state index in [1.165, 1.54) is 22.9 Å². The maximum absolute atomic E-state index is 14.0. The van der Waals surface area contributed by atoms with Gasteiger partial charge in [-0.1, -0.05) is 38.4 Å². The Balaban J connectivity index is 2.45. The van der Waals surface area contributed by atoms with Crippen LogP contribution in [0.1, 0.15) is 32.4 Å². The van der Waals surface area contributed by atoms with Gasteiger partial charge in [-0.25, -0.2) is 9.07 Å². The number of rotatable bonds is 5. The van der Waals surface area contributed by atoms with Crippen molar-refractivity contribution in [2.75, 3.05) is 6.61 Å². The van der Waals surface area contributed by atoms with E-state index in [1.807, 2.05) is 22.6 Å². The molecule has 142 valence electrons. The first-order chi connectivity index (χ1) is 11.9. The molecular formula is C18H23ClFIN2O2Si. The molecule has 0 unspecified atom stereocenters. The fourth-order valence-corrected chi connectivity index (χ4v) is 3.68. The molecule has 0 bridgehead atoms. The molecule has 1 aromatic heterocycles. The summed E-state index contributed by atoms with van der Waals surface area (Å²) in [6.45, 7) is 10.9. The number of halogens is 3. The van der Waals surface area contributed by atoms with Gasteiger partial charge >= 0.3 is 0 Å². The van der Waals surface area contributed by atoms with Gasteiger partial charge in [-0.2, -0.15) is 5.10 Å². The van der Waals surface area contributed by atoms with Gasteiger partial charge < -0.3 is 4.43 Å². The molecule has 1 heterocycles. The van der Waals surface area contributed by atoms with E-state index in [4.69, 9.17) is 16.0 Å². The third-order valence-corrected chi connectivity index (χ3v) is 10.2. The lowest BCUT2D eigenvalue weighted by atomic mass is 10.1. The predicted molar refractivity (Wildman–Crippen MR) is 114 cm³/mol. The second kappa shape index (κ2) is 8.08. The zero-order valence-electron chi connectivity index (χ0n) is 15.5. The summed E-state index contributed by atoms with van der Waals surface area (Å²) in [5.41, 5.74) is 0.345. The summed E-state index contributed by atoms with van der Waals surface area (Å²) in [6.07, 6.45) is 1.60. The maximum Gasteiger partial charge on any atom is 0.268 e. The fourth-order valence-electron chi connectivity index (χ4n) is 2.16. The monoisotopic (exact) mass is 508 g/mol. The smallest absolute Gasteiger partial charge is 0.268 e. The van der Waals surface area contributed by atoms with E-state index in [-0.39, 0.29) is 22.2 Å². The minimum absolute atomic E-state index is 0.0211. The van der Waals surface area contributed by atoms with Gasteiger partial charge in [0.2, 0.25) is 0 Å². The number of aromatic nitrogens is 2. The molecule has 0 amide bonds. The highest BCUT2D eigenvalue weighted by atomic mass is 127. The van der Waals surface area contributed by atoms with Crippen LogP contribution in [-0.2, 0) is 4.43 Å². The van der Waals surface area contributed by atoms with Crippen LogP contribution in [0.5, 0.6) is 0 Å².